The molecule has 1 aliphatic carbocycles. The maximum absolute atomic E-state index is 6.34. The summed E-state index contributed by atoms with van der Waals surface area (Å²) in [6.07, 6.45) is 6.84. The van der Waals surface area contributed by atoms with Crippen LogP contribution in [0.4, 0.5) is 0 Å². The van der Waals surface area contributed by atoms with E-state index >= 15 is 0 Å². The maximum Gasteiger partial charge on any atom is 0.124 e. The van der Waals surface area contributed by atoms with Crippen LogP contribution in [0.2, 0.25) is 0 Å². The Morgan fingerprint density at radius 1 is 1.24 bits per heavy atom. The van der Waals surface area contributed by atoms with E-state index in [1.54, 1.807) is 0 Å². The number of para-hydroxylation sites is 1. The molecule has 0 saturated heterocycles. The van der Waals surface area contributed by atoms with Gasteiger partial charge in [-0.2, -0.15) is 0 Å². The fraction of sp³-hybridized carbons (Fsp3) is 0.684. The number of hydrogen-bond donors (Lipinski definition) is 1. The smallest absolute Gasteiger partial charge is 0.124 e. The summed E-state index contributed by atoms with van der Waals surface area (Å²) in [6, 6.07) is 8.50. The molecule has 2 heteroatoms. The van der Waals surface area contributed by atoms with E-state index in [1.807, 2.05) is 0 Å². The lowest BCUT2D eigenvalue weighted by molar-refractivity contribution is 0.121. The molecule has 1 aromatic carbocycles. The molecule has 0 amide bonds. The Kier molecular flexibility index (Phi) is 6.56. The average molecular weight is 289 g/mol. The lowest BCUT2D eigenvalue weighted by atomic mass is 9.85. The number of benzene rings is 1. The second-order valence-electron chi connectivity index (χ2n) is 6.81. The highest BCUT2D eigenvalue weighted by Gasteiger charge is 2.22. The summed E-state index contributed by atoms with van der Waals surface area (Å²) in [5.41, 5.74) is 1.29. The molecule has 2 rings (SSSR count). The van der Waals surface area contributed by atoms with Gasteiger partial charge >= 0.3 is 0 Å². The van der Waals surface area contributed by atoms with E-state index in [0.717, 1.165) is 24.8 Å². The standard InChI is InChI=1S/C19H31NO/c1-4-16-8-7-10-18(12-16)21-19-11-6-5-9-17(19)14-20-13-15(2)3/h5-6,9,11,15-16,18,20H,4,7-8,10,12-14H2,1-3H3. The molecule has 0 heterocycles. The molecule has 2 atom stereocenters. The maximum atomic E-state index is 6.34. The molecular weight excluding hydrogens is 258 g/mol. The number of ether oxygens (including phenoxy) is 1. The summed E-state index contributed by atoms with van der Waals surface area (Å²) < 4.78 is 6.34. The van der Waals surface area contributed by atoms with Gasteiger partial charge in [-0.25, -0.2) is 0 Å². The van der Waals surface area contributed by atoms with Gasteiger partial charge in [-0.15, -0.1) is 0 Å². The quantitative estimate of drug-likeness (QED) is 0.780. The molecule has 0 bridgehead atoms. The second-order valence-corrected chi connectivity index (χ2v) is 6.81. The van der Waals surface area contributed by atoms with Crippen LogP contribution in [-0.2, 0) is 6.54 Å². The highest BCUT2D eigenvalue weighted by molar-refractivity contribution is 5.33. The van der Waals surface area contributed by atoms with Crippen LogP contribution in [0.5, 0.6) is 5.75 Å². The Balaban J connectivity index is 1.92. The van der Waals surface area contributed by atoms with Crippen LogP contribution in [-0.4, -0.2) is 12.6 Å². The minimum atomic E-state index is 0.412. The number of rotatable bonds is 7. The van der Waals surface area contributed by atoms with Crippen molar-refractivity contribution >= 4 is 0 Å². The first kappa shape index (κ1) is 16.4. The van der Waals surface area contributed by atoms with Gasteiger partial charge in [0.1, 0.15) is 5.75 Å². The van der Waals surface area contributed by atoms with E-state index < -0.39 is 0 Å². The molecule has 1 saturated carbocycles. The highest BCUT2D eigenvalue weighted by Crippen LogP contribution is 2.30. The zero-order valence-corrected chi connectivity index (χ0v) is 13.9. The molecule has 21 heavy (non-hydrogen) atoms. The van der Waals surface area contributed by atoms with Crippen molar-refractivity contribution < 1.29 is 4.74 Å². The molecule has 2 nitrogen and oxygen atoms in total. The lowest BCUT2D eigenvalue weighted by Gasteiger charge is -2.29. The summed E-state index contributed by atoms with van der Waals surface area (Å²) in [5.74, 6) is 2.62. The van der Waals surface area contributed by atoms with Gasteiger partial charge in [-0.1, -0.05) is 51.8 Å². The van der Waals surface area contributed by atoms with Gasteiger partial charge in [0.2, 0.25) is 0 Å². The minimum absolute atomic E-state index is 0.412. The van der Waals surface area contributed by atoms with Crippen molar-refractivity contribution in [2.45, 2.75) is 65.5 Å². The molecule has 0 spiro atoms. The van der Waals surface area contributed by atoms with Gasteiger partial charge < -0.3 is 10.1 Å². The fourth-order valence-corrected chi connectivity index (χ4v) is 3.16. The second kappa shape index (κ2) is 8.43. The molecule has 1 aliphatic rings. The molecule has 0 radical (unpaired) electrons. The van der Waals surface area contributed by atoms with E-state index in [-0.39, 0.29) is 0 Å². The summed E-state index contributed by atoms with van der Waals surface area (Å²) in [4.78, 5) is 0. The SMILES string of the molecule is CCC1CCCC(Oc2ccccc2CNCC(C)C)C1. The summed E-state index contributed by atoms with van der Waals surface area (Å²) >= 11 is 0. The van der Waals surface area contributed by atoms with E-state index in [2.05, 4.69) is 50.4 Å². The predicted molar refractivity (Wildman–Crippen MR) is 89.7 cm³/mol. The predicted octanol–water partition coefficient (Wildman–Crippen LogP) is 4.78. The molecule has 2 unspecified atom stereocenters. The highest BCUT2D eigenvalue weighted by atomic mass is 16.5. The molecule has 0 aliphatic heterocycles. The number of nitrogens with one attached hydrogen (secondary N) is 1. The van der Waals surface area contributed by atoms with Gasteiger partial charge in [0, 0.05) is 12.1 Å². The Morgan fingerprint density at radius 2 is 2.05 bits per heavy atom. The van der Waals surface area contributed by atoms with E-state index in [9.17, 15) is 0 Å². The van der Waals surface area contributed by atoms with Crippen molar-refractivity contribution in [3.05, 3.63) is 29.8 Å². The molecule has 1 N–H and O–H groups in total. The first-order valence-corrected chi connectivity index (χ1v) is 8.64. The molecule has 118 valence electrons. The van der Waals surface area contributed by atoms with Crippen LogP contribution in [0.25, 0.3) is 0 Å². The molecule has 1 fully saturated rings. The van der Waals surface area contributed by atoms with Crippen LogP contribution in [0.3, 0.4) is 0 Å². The van der Waals surface area contributed by atoms with Crippen LogP contribution in [0.15, 0.2) is 24.3 Å². The van der Waals surface area contributed by atoms with Crippen molar-refractivity contribution in [1.29, 1.82) is 0 Å². The van der Waals surface area contributed by atoms with Crippen LogP contribution >= 0.6 is 0 Å². The van der Waals surface area contributed by atoms with Gasteiger partial charge in [-0.05, 0) is 43.7 Å². The van der Waals surface area contributed by atoms with Gasteiger partial charge in [0.15, 0.2) is 0 Å². The normalized spacial score (nSPS) is 22.5. The van der Waals surface area contributed by atoms with Crippen LogP contribution in [0, 0.1) is 11.8 Å². The van der Waals surface area contributed by atoms with Gasteiger partial charge in [-0.3, -0.25) is 0 Å². The lowest BCUT2D eigenvalue weighted by Crippen LogP contribution is -2.26. The van der Waals surface area contributed by atoms with Crippen molar-refractivity contribution in [3.8, 4) is 5.75 Å². The summed E-state index contributed by atoms with van der Waals surface area (Å²) in [5, 5.41) is 3.52. The Morgan fingerprint density at radius 3 is 2.81 bits per heavy atom. The van der Waals surface area contributed by atoms with Crippen LogP contribution in [0.1, 0.15) is 58.4 Å². The Hall–Kier alpha value is -1.02. The van der Waals surface area contributed by atoms with Gasteiger partial charge in [0.05, 0.1) is 6.10 Å². The molecular formula is C19H31NO. The summed E-state index contributed by atoms with van der Waals surface area (Å²) in [7, 11) is 0. The minimum Gasteiger partial charge on any atom is -0.490 e. The van der Waals surface area contributed by atoms with E-state index in [4.69, 9.17) is 4.74 Å². The third-order valence-corrected chi connectivity index (χ3v) is 4.45. The average Bonchev–Trinajstić information content (AvgIpc) is 2.49. The Bertz CT molecular complexity index is 416. The number of hydrogen-bond acceptors (Lipinski definition) is 2. The summed E-state index contributed by atoms with van der Waals surface area (Å²) in [6.45, 7) is 8.73. The van der Waals surface area contributed by atoms with E-state index in [1.165, 1.54) is 37.7 Å². The fourth-order valence-electron chi connectivity index (χ4n) is 3.16. The first-order chi connectivity index (χ1) is 10.2. The molecule has 0 aromatic heterocycles. The van der Waals surface area contributed by atoms with Crippen molar-refractivity contribution in [1.82, 2.24) is 5.32 Å². The van der Waals surface area contributed by atoms with Gasteiger partial charge in [0.25, 0.3) is 0 Å². The monoisotopic (exact) mass is 289 g/mol. The third-order valence-electron chi connectivity index (χ3n) is 4.45. The van der Waals surface area contributed by atoms with Crippen molar-refractivity contribution in [2.75, 3.05) is 6.54 Å². The van der Waals surface area contributed by atoms with Crippen molar-refractivity contribution in [2.24, 2.45) is 11.8 Å². The van der Waals surface area contributed by atoms with Crippen LogP contribution < -0.4 is 10.1 Å². The zero-order chi connectivity index (χ0) is 15.1. The molecule has 1 aromatic rings. The first-order valence-electron chi connectivity index (χ1n) is 8.64. The largest absolute Gasteiger partial charge is 0.490 e. The zero-order valence-electron chi connectivity index (χ0n) is 13.9. The van der Waals surface area contributed by atoms with Crippen molar-refractivity contribution in [3.63, 3.8) is 0 Å². The topological polar surface area (TPSA) is 21.3 Å². The third kappa shape index (κ3) is 5.35. The Labute approximate surface area is 130 Å². The van der Waals surface area contributed by atoms with E-state index in [0.29, 0.717) is 12.0 Å².